The molecule has 0 saturated heterocycles. The van der Waals surface area contributed by atoms with Gasteiger partial charge < -0.3 is 5.32 Å². The molecule has 0 aliphatic heterocycles. The Hall–Kier alpha value is -0.410. The van der Waals surface area contributed by atoms with Crippen molar-refractivity contribution < 1.29 is 0 Å². The molecule has 1 N–H and O–H groups in total. The van der Waals surface area contributed by atoms with E-state index in [4.69, 9.17) is 0 Å². The van der Waals surface area contributed by atoms with Crippen molar-refractivity contribution in [2.24, 2.45) is 5.92 Å². The molecule has 1 atom stereocenters. The molecule has 3 heteroatoms. The topological polar surface area (TPSA) is 24.9 Å². The van der Waals surface area contributed by atoms with Crippen LogP contribution in [0.25, 0.3) is 0 Å². The molecule has 0 radical (unpaired) electrons. The molecular formula is C13H24N2S. The van der Waals surface area contributed by atoms with Crippen LogP contribution < -0.4 is 5.32 Å². The third-order valence-corrected chi connectivity index (χ3v) is 4.41. The SMILES string of the molecule is CCC(CC)C(C)NCCc1scnc1C. The zero-order valence-electron chi connectivity index (χ0n) is 10.9. The van der Waals surface area contributed by atoms with Crippen molar-refractivity contribution in [1.29, 1.82) is 0 Å². The van der Waals surface area contributed by atoms with Crippen LogP contribution in [0, 0.1) is 12.8 Å². The molecular weight excluding hydrogens is 216 g/mol. The fourth-order valence-corrected chi connectivity index (χ4v) is 2.92. The van der Waals surface area contributed by atoms with E-state index in [0.717, 1.165) is 18.9 Å². The fraction of sp³-hybridized carbons (Fsp3) is 0.769. The number of aromatic nitrogens is 1. The maximum atomic E-state index is 4.27. The van der Waals surface area contributed by atoms with Crippen molar-refractivity contribution in [3.05, 3.63) is 16.1 Å². The van der Waals surface area contributed by atoms with Crippen molar-refractivity contribution in [3.63, 3.8) is 0 Å². The van der Waals surface area contributed by atoms with Gasteiger partial charge in [-0.1, -0.05) is 26.7 Å². The first kappa shape index (κ1) is 13.7. The summed E-state index contributed by atoms with van der Waals surface area (Å²) in [6.45, 7) is 10.0. The van der Waals surface area contributed by atoms with Crippen LogP contribution in [-0.4, -0.2) is 17.6 Å². The predicted molar refractivity (Wildman–Crippen MR) is 72.1 cm³/mol. The summed E-state index contributed by atoms with van der Waals surface area (Å²) in [5, 5.41) is 3.63. The highest BCUT2D eigenvalue weighted by Gasteiger charge is 2.12. The minimum Gasteiger partial charge on any atom is -0.314 e. The molecule has 1 aromatic rings. The van der Waals surface area contributed by atoms with Gasteiger partial charge in [0.2, 0.25) is 0 Å². The standard InChI is InChI=1S/C13H24N2S/c1-5-12(6-2)10(3)14-8-7-13-11(4)15-9-16-13/h9-10,12,14H,5-8H2,1-4H3. The Morgan fingerprint density at radius 3 is 2.56 bits per heavy atom. The van der Waals surface area contributed by atoms with E-state index in [0.29, 0.717) is 6.04 Å². The quantitative estimate of drug-likeness (QED) is 0.790. The number of aryl methyl sites for hydroxylation is 1. The third-order valence-electron chi connectivity index (χ3n) is 3.42. The zero-order valence-corrected chi connectivity index (χ0v) is 11.7. The Morgan fingerprint density at radius 1 is 1.38 bits per heavy atom. The molecule has 2 nitrogen and oxygen atoms in total. The van der Waals surface area contributed by atoms with Gasteiger partial charge in [0.15, 0.2) is 0 Å². The Kier molecular flexibility index (Phi) is 5.99. The zero-order chi connectivity index (χ0) is 12.0. The number of hydrogen-bond acceptors (Lipinski definition) is 3. The first-order valence-corrected chi connectivity index (χ1v) is 7.19. The first-order chi connectivity index (χ1) is 7.69. The van der Waals surface area contributed by atoms with Crippen molar-refractivity contribution in [3.8, 4) is 0 Å². The number of rotatable bonds is 7. The van der Waals surface area contributed by atoms with Gasteiger partial charge in [-0.15, -0.1) is 11.3 Å². The summed E-state index contributed by atoms with van der Waals surface area (Å²) in [6, 6.07) is 0.628. The van der Waals surface area contributed by atoms with Crippen molar-refractivity contribution in [2.45, 2.75) is 53.0 Å². The van der Waals surface area contributed by atoms with Gasteiger partial charge in [0.05, 0.1) is 11.2 Å². The van der Waals surface area contributed by atoms with Gasteiger partial charge in [-0.25, -0.2) is 4.98 Å². The molecule has 16 heavy (non-hydrogen) atoms. The molecule has 0 aliphatic rings. The molecule has 0 spiro atoms. The summed E-state index contributed by atoms with van der Waals surface area (Å²) in [5.74, 6) is 0.808. The summed E-state index contributed by atoms with van der Waals surface area (Å²) >= 11 is 1.77. The van der Waals surface area contributed by atoms with E-state index in [2.05, 4.69) is 38.0 Å². The second kappa shape index (κ2) is 7.02. The molecule has 0 fully saturated rings. The smallest absolute Gasteiger partial charge is 0.0797 e. The Bertz CT molecular complexity index is 292. The average molecular weight is 240 g/mol. The van der Waals surface area contributed by atoms with Gasteiger partial charge in [0.1, 0.15) is 0 Å². The Balaban J connectivity index is 2.27. The largest absolute Gasteiger partial charge is 0.314 e. The Morgan fingerprint density at radius 2 is 2.06 bits per heavy atom. The lowest BCUT2D eigenvalue weighted by Gasteiger charge is -2.22. The first-order valence-electron chi connectivity index (χ1n) is 6.31. The van der Waals surface area contributed by atoms with Crippen LogP contribution >= 0.6 is 11.3 Å². The number of nitrogens with zero attached hydrogens (tertiary/aromatic N) is 1. The van der Waals surface area contributed by atoms with E-state index < -0.39 is 0 Å². The second-order valence-corrected chi connectivity index (χ2v) is 5.37. The highest BCUT2D eigenvalue weighted by Crippen LogP contribution is 2.14. The van der Waals surface area contributed by atoms with E-state index >= 15 is 0 Å². The highest BCUT2D eigenvalue weighted by atomic mass is 32.1. The van der Waals surface area contributed by atoms with Crippen LogP contribution in [0.5, 0.6) is 0 Å². The van der Waals surface area contributed by atoms with Crippen molar-refractivity contribution in [2.75, 3.05) is 6.54 Å². The molecule has 1 unspecified atom stereocenters. The summed E-state index contributed by atoms with van der Waals surface area (Å²) in [6.07, 6.45) is 3.65. The maximum Gasteiger partial charge on any atom is 0.0797 e. The fourth-order valence-electron chi connectivity index (χ4n) is 2.14. The molecule has 0 aromatic carbocycles. The van der Waals surface area contributed by atoms with Gasteiger partial charge in [-0.05, 0) is 26.2 Å². The molecule has 1 heterocycles. The van der Waals surface area contributed by atoms with E-state index in [-0.39, 0.29) is 0 Å². The Labute approximate surface area is 103 Å². The van der Waals surface area contributed by atoms with Crippen LogP contribution in [0.1, 0.15) is 44.2 Å². The summed E-state index contributed by atoms with van der Waals surface area (Å²) in [7, 11) is 0. The van der Waals surface area contributed by atoms with E-state index in [9.17, 15) is 0 Å². The minimum atomic E-state index is 0.628. The minimum absolute atomic E-state index is 0.628. The normalized spacial score (nSPS) is 13.3. The lowest BCUT2D eigenvalue weighted by molar-refractivity contribution is 0.356. The molecule has 0 aliphatic carbocycles. The molecule has 0 amide bonds. The van der Waals surface area contributed by atoms with Gasteiger partial charge >= 0.3 is 0 Å². The molecule has 0 saturated carbocycles. The van der Waals surface area contributed by atoms with E-state index in [1.165, 1.54) is 23.4 Å². The summed E-state index contributed by atoms with van der Waals surface area (Å²) in [4.78, 5) is 5.69. The summed E-state index contributed by atoms with van der Waals surface area (Å²) < 4.78 is 0. The lowest BCUT2D eigenvalue weighted by atomic mass is 9.95. The van der Waals surface area contributed by atoms with Crippen LogP contribution in [-0.2, 0) is 6.42 Å². The number of nitrogens with one attached hydrogen (secondary N) is 1. The van der Waals surface area contributed by atoms with Crippen LogP contribution in [0.2, 0.25) is 0 Å². The van der Waals surface area contributed by atoms with Crippen molar-refractivity contribution >= 4 is 11.3 Å². The van der Waals surface area contributed by atoms with E-state index in [1.807, 2.05) is 5.51 Å². The average Bonchev–Trinajstić information content (AvgIpc) is 2.66. The van der Waals surface area contributed by atoms with Crippen LogP contribution in [0.3, 0.4) is 0 Å². The van der Waals surface area contributed by atoms with Crippen molar-refractivity contribution in [1.82, 2.24) is 10.3 Å². The highest BCUT2D eigenvalue weighted by molar-refractivity contribution is 7.09. The molecule has 0 bridgehead atoms. The van der Waals surface area contributed by atoms with E-state index in [1.54, 1.807) is 11.3 Å². The molecule has 1 aromatic heterocycles. The third kappa shape index (κ3) is 3.87. The second-order valence-electron chi connectivity index (χ2n) is 4.43. The summed E-state index contributed by atoms with van der Waals surface area (Å²) in [5.41, 5.74) is 3.14. The lowest BCUT2D eigenvalue weighted by Crippen LogP contribution is -2.34. The number of hydrogen-bond donors (Lipinski definition) is 1. The molecule has 1 rings (SSSR count). The van der Waals surface area contributed by atoms with Crippen LogP contribution in [0.4, 0.5) is 0 Å². The van der Waals surface area contributed by atoms with Gasteiger partial charge in [0.25, 0.3) is 0 Å². The monoisotopic (exact) mass is 240 g/mol. The van der Waals surface area contributed by atoms with Gasteiger partial charge in [0, 0.05) is 17.5 Å². The molecule has 92 valence electrons. The van der Waals surface area contributed by atoms with Gasteiger partial charge in [-0.2, -0.15) is 0 Å². The maximum absolute atomic E-state index is 4.27. The van der Waals surface area contributed by atoms with Crippen LogP contribution in [0.15, 0.2) is 5.51 Å². The predicted octanol–water partition coefficient (Wildman–Crippen LogP) is 3.41. The van der Waals surface area contributed by atoms with Gasteiger partial charge in [-0.3, -0.25) is 0 Å². The number of thiazole rings is 1.